The lowest BCUT2D eigenvalue weighted by atomic mass is 9.92. The van der Waals surface area contributed by atoms with Crippen LogP contribution in [0.15, 0.2) is 0 Å². The van der Waals surface area contributed by atoms with Gasteiger partial charge in [0, 0.05) is 0 Å². The molecule has 0 bridgehead atoms. The minimum Gasteiger partial charge on any atom is -0.0654 e. The predicted molar refractivity (Wildman–Crippen MR) is 141 cm³/mol. The van der Waals surface area contributed by atoms with Gasteiger partial charge in [-0.15, -0.1) is 0 Å². The standard InChI is InChI=1S/C30H62/c1-4-7-9-11-13-15-16-17-18-19-20-21-23-25-27-29-30(6-3)28-26-24-22-14-12-10-8-5-2/h30H,4-29H2,1-3H3. The van der Waals surface area contributed by atoms with Gasteiger partial charge in [0.25, 0.3) is 0 Å². The van der Waals surface area contributed by atoms with E-state index in [-0.39, 0.29) is 0 Å². The molecule has 0 amide bonds. The van der Waals surface area contributed by atoms with E-state index in [0.29, 0.717) is 0 Å². The second-order valence-corrected chi connectivity index (χ2v) is 10.3. The van der Waals surface area contributed by atoms with Crippen LogP contribution in [0.4, 0.5) is 0 Å². The molecule has 0 aliphatic heterocycles. The molecule has 0 spiro atoms. The van der Waals surface area contributed by atoms with Crippen LogP contribution in [-0.2, 0) is 0 Å². The fourth-order valence-corrected chi connectivity index (χ4v) is 4.92. The fourth-order valence-electron chi connectivity index (χ4n) is 4.92. The quantitative estimate of drug-likeness (QED) is 0.122. The molecule has 0 aromatic carbocycles. The Kier molecular flexibility index (Phi) is 27.0. The Labute approximate surface area is 193 Å². The molecule has 0 aliphatic rings. The highest BCUT2D eigenvalue weighted by molar-refractivity contribution is 4.59. The lowest BCUT2D eigenvalue weighted by Crippen LogP contribution is -1.99. The SMILES string of the molecule is CCCCCCCCCCCCCCCCCC(CC)CCCCCCCCCC. The van der Waals surface area contributed by atoms with E-state index in [1.807, 2.05) is 0 Å². The van der Waals surface area contributed by atoms with Crippen molar-refractivity contribution >= 4 is 0 Å². The van der Waals surface area contributed by atoms with Crippen molar-refractivity contribution in [3.8, 4) is 0 Å². The first kappa shape index (κ1) is 30.0. The average Bonchev–Trinajstić information content (AvgIpc) is 2.76. The normalized spacial score (nSPS) is 12.5. The molecule has 30 heavy (non-hydrogen) atoms. The van der Waals surface area contributed by atoms with Gasteiger partial charge in [0.15, 0.2) is 0 Å². The Morgan fingerprint density at radius 1 is 0.300 bits per heavy atom. The topological polar surface area (TPSA) is 0 Å². The first-order valence-electron chi connectivity index (χ1n) is 14.8. The van der Waals surface area contributed by atoms with Crippen molar-refractivity contribution in [3.05, 3.63) is 0 Å². The van der Waals surface area contributed by atoms with Crippen LogP contribution in [0.25, 0.3) is 0 Å². The highest BCUT2D eigenvalue weighted by Gasteiger charge is 2.06. The third-order valence-corrected chi connectivity index (χ3v) is 7.26. The van der Waals surface area contributed by atoms with E-state index in [9.17, 15) is 0 Å². The molecule has 1 atom stereocenters. The molecular weight excluding hydrogens is 360 g/mol. The minimum absolute atomic E-state index is 1.02. The molecule has 0 heterocycles. The van der Waals surface area contributed by atoms with Crippen LogP contribution in [0.5, 0.6) is 0 Å². The molecule has 0 saturated heterocycles. The Bertz CT molecular complexity index is 282. The van der Waals surface area contributed by atoms with Crippen molar-refractivity contribution in [2.75, 3.05) is 0 Å². The van der Waals surface area contributed by atoms with E-state index in [1.165, 1.54) is 167 Å². The molecule has 0 fully saturated rings. The van der Waals surface area contributed by atoms with Crippen LogP contribution < -0.4 is 0 Å². The molecule has 0 N–H and O–H groups in total. The maximum absolute atomic E-state index is 2.42. The molecular formula is C30H62. The number of unbranched alkanes of at least 4 members (excludes halogenated alkanes) is 21. The van der Waals surface area contributed by atoms with Crippen molar-refractivity contribution in [2.45, 2.75) is 188 Å². The zero-order valence-electron chi connectivity index (χ0n) is 22.0. The van der Waals surface area contributed by atoms with Gasteiger partial charge < -0.3 is 0 Å². The zero-order valence-corrected chi connectivity index (χ0v) is 22.0. The van der Waals surface area contributed by atoms with Gasteiger partial charge in [0.2, 0.25) is 0 Å². The Balaban J connectivity index is 3.24. The van der Waals surface area contributed by atoms with Crippen LogP contribution >= 0.6 is 0 Å². The highest BCUT2D eigenvalue weighted by Crippen LogP contribution is 2.22. The molecule has 1 unspecified atom stereocenters. The first-order chi connectivity index (χ1) is 14.8. The van der Waals surface area contributed by atoms with Crippen LogP contribution in [0.3, 0.4) is 0 Å². The monoisotopic (exact) mass is 422 g/mol. The van der Waals surface area contributed by atoms with Crippen molar-refractivity contribution in [2.24, 2.45) is 5.92 Å². The van der Waals surface area contributed by atoms with Gasteiger partial charge in [-0.1, -0.05) is 188 Å². The molecule has 0 saturated carbocycles. The van der Waals surface area contributed by atoms with E-state index >= 15 is 0 Å². The third-order valence-electron chi connectivity index (χ3n) is 7.26. The predicted octanol–water partition coefficient (Wildman–Crippen LogP) is 11.8. The van der Waals surface area contributed by atoms with Crippen LogP contribution in [0.2, 0.25) is 0 Å². The summed E-state index contributed by atoms with van der Waals surface area (Å²) in [5.41, 5.74) is 0. The maximum Gasteiger partial charge on any atom is -0.0417 e. The number of rotatable bonds is 26. The Morgan fingerprint density at radius 2 is 0.533 bits per heavy atom. The largest absolute Gasteiger partial charge is 0.0654 e. The van der Waals surface area contributed by atoms with E-state index in [1.54, 1.807) is 0 Å². The minimum atomic E-state index is 1.02. The van der Waals surface area contributed by atoms with Crippen molar-refractivity contribution in [1.29, 1.82) is 0 Å². The summed E-state index contributed by atoms with van der Waals surface area (Å²) in [5, 5.41) is 0. The van der Waals surface area contributed by atoms with Crippen LogP contribution in [0, 0.1) is 5.92 Å². The van der Waals surface area contributed by atoms with Crippen molar-refractivity contribution in [1.82, 2.24) is 0 Å². The van der Waals surface area contributed by atoms with Gasteiger partial charge in [-0.25, -0.2) is 0 Å². The van der Waals surface area contributed by atoms with Gasteiger partial charge in [-0.05, 0) is 5.92 Å². The van der Waals surface area contributed by atoms with Gasteiger partial charge in [-0.2, -0.15) is 0 Å². The van der Waals surface area contributed by atoms with E-state index in [2.05, 4.69) is 20.8 Å². The van der Waals surface area contributed by atoms with Crippen molar-refractivity contribution < 1.29 is 0 Å². The molecule has 0 aromatic heterocycles. The summed E-state index contributed by atoms with van der Waals surface area (Å²) in [7, 11) is 0. The summed E-state index contributed by atoms with van der Waals surface area (Å²) >= 11 is 0. The zero-order chi connectivity index (χ0) is 22.0. The Hall–Kier alpha value is 0. The smallest absolute Gasteiger partial charge is 0.0417 e. The summed E-state index contributed by atoms with van der Waals surface area (Å²) in [4.78, 5) is 0. The molecule has 0 heteroatoms. The molecule has 0 nitrogen and oxygen atoms in total. The van der Waals surface area contributed by atoms with Crippen LogP contribution in [-0.4, -0.2) is 0 Å². The maximum atomic E-state index is 2.42. The van der Waals surface area contributed by atoms with Gasteiger partial charge in [0.1, 0.15) is 0 Å². The summed E-state index contributed by atoms with van der Waals surface area (Å²) in [6.07, 6.45) is 38.3. The summed E-state index contributed by atoms with van der Waals surface area (Å²) in [6, 6.07) is 0. The Morgan fingerprint density at radius 3 is 0.767 bits per heavy atom. The van der Waals surface area contributed by atoms with Crippen molar-refractivity contribution in [3.63, 3.8) is 0 Å². The van der Waals surface area contributed by atoms with Gasteiger partial charge in [-0.3, -0.25) is 0 Å². The molecule has 0 aromatic rings. The molecule has 0 aliphatic carbocycles. The fraction of sp³-hybridized carbons (Fsp3) is 1.00. The average molecular weight is 423 g/mol. The lowest BCUT2D eigenvalue weighted by molar-refractivity contribution is 0.392. The summed E-state index contributed by atoms with van der Waals surface area (Å²) < 4.78 is 0. The second kappa shape index (κ2) is 27.0. The van der Waals surface area contributed by atoms with Crippen LogP contribution in [0.1, 0.15) is 188 Å². The van der Waals surface area contributed by atoms with E-state index in [4.69, 9.17) is 0 Å². The highest BCUT2D eigenvalue weighted by atomic mass is 14.1. The van der Waals surface area contributed by atoms with E-state index in [0.717, 1.165) is 5.92 Å². The lowest BCUT2D eigenvalue weighted by Gasteiger charge is -2.14. The van der Waals surface area contributed by atoms with E-state index < -0.39 is 0 Å². The number of hydrogen-bond acceptors (Lipinski definition) is 0. The molecule has 0 radical (unpaired) electrons. The third kappa shape index (κ3) is 24.3. The van der Waals surface area contributed by atoms with Gasteiger partial charge in [0.05, 0.1) is 0 Å². The number of hydrogen-bond donors (Lipinski definition) is 0. The molecule has 0 rings (SSSR count). The van der Waals surface area contributed by atoms with Gasteiger partial charge >= 0.3 is 0 Å². The summed E-state index contributed by atoms with van der Waals surface area (Å²) in [6.45, 7) is 7.03. The summed E-state index contributed by atoms with van der Waals surface area (Å²) in [5.74, 6) is 1.02. The second-order valence-electron chi connectivity index (χ2n) is 10.3. The first-order valence-corrected chi connectivity index (χ1v) is 14.8. The molecule has 182 valence electrons.